The van der Waals surface area contributed by atoms with Gasteiger partial charge in [0.05, 0.1) is 35.6 Å². The number of carbonyl (C=O) groups excluding carboxylic acids is 3. The molecule has 0 radical (unpaired) electrons. The van der Waals surface area contributed by atoms with Gasteiger partial charge in [-0.1, -0.05) is 66.7 Å². The standard InChI is InChI=1S/C40H33IN6O6/c1-2-42-37(48)30-18-29(39(50)52-24-16-17-51-21-24)32(19-33(30)53-38(49)23-10-4-3-5-11-23)47-22-44-34-35(45-40(41)46-36(34)47)43-20-31-27-14-8-6-12-25(27)26-13-7-9-15-28(26)31/h3-15,18-19,22,24,31H,2,16-17,20-21H2,1H3,(H,42,48)(H,43,45,46). The van der Waals surface area contributed by atoms with Crippen molar-refractivity contribution in [3.8, 4) is 22.6 Å². The number of ether oxygens (including phenoxy) is 3. The molecule has 1 fully saturated rings. The van der Waals surface area contributed by atoms with Crippen LogP contribution in [0, 0.1) is 3.83 Å². The second-order valence-electron chi connectivity index (χ2n) is 12.6. The fourth-order valence-electron chi connectivity index (χ4n) is 6.85. The number of fused-ring (bicyclic) bond motifs is 4. The monoisotopic (exact) mass is 820 g/mol. The first-order chi connectivity index (χ1) is 25.9. The van der Waals surface area contributed by atoms with Crippen molar-refractivity contribution in [2.45, 2.75) is 25.4 Å². The molecule has 1 saturated heterocycles. The average Bonchev–Trinajstić information content (AvgIpc) is 3.92. The summed E-state index contributed by atoms with van der Waals surface area (Å²) in [6.45, 7) is 3.36. The van der Waals surface area contributed by atoms with Crippen molar-refractivity contribution in [3.63, 3.8) is 0 Å². The Kier molecular flexibility index (Phi) is 9.58. The molecule has 12 nitrogen and oxygen atoms in total. The molecule has 6 aromatic rings. The van der Waals surface area contributed by atoms with Crippen LogP contribution in [0.4, 0.5) is 5.82 Å². The summed E-state index contributed by atoms with van der Waals surface area (Å²) in [6, 6.07) is 28.1. The van der Waals surface area contributed by atoms with E-state index in [1.807, 2.05) is 0 Å². The third-order valence-corrected chi connectivity index (χ3v) is 9.82. The van der Waals surface area contributed by atoms with Gasteiger partial charge in [0.25, 0.3) is 5.91 Å². The van der Waals surface area contributed by atoms with E-state index in [1.165, 1.54) is 40.7 Å². The number of hydrogen-bond donors (Lipinski definition) is 2. The minimum absolute atomic E-state index is 0.0115. The number of benzene rings is 4. The maximum Gasteiger partial charge on any atom is 0.343 e. The lowest BCUT2D eigenvalue weighted by Crippen LogP contribution is -2.26. The molecule has 1 amide bonds. The molecule has 0 saturated carbocycles. The van der Waals surface area contributed by atoms with Gasteiger partial charge in [-0.25, -0.2) is 24.5 Å². The third-order valence-electron chi connectivity index (χ3n) is 9.34. The van der Waals surface area contributed by atoms with Crippen LogP contribution in [0.2, 0.25) is 0 Å². The molecule has 1 aliphatic heterocycles. The molecule has 1 unspecified atom stereocenters. The van der Waals surface area contributed by atoms with Crippen LogP contribution in [0.5, 0.6) is 5.75 Å². The molecule has 4 aromatic carbocycles. The lowest BCUT2D eigenvalue weighted by atomic mass is 9.97. The Morgan fingerprint density at radius 1 is 0.906 bits per heavy atom. The number of nitrogens with one attached hydrogen (secondary N) is 2. The minimum Gasteiger partial charge on any atom is -0.456 e. The summed E-state index contributed by atoms with van der Waals surface area (Å²) >= 11 is 2.05. The first-order valence-corrected chi connectivity index (χ1v) is 18.3. The first kappa shape index (κ1) is 34.4. The highest BCUT2D eigenvalue weighted by molar-refractivity contribution is 14.1. The lowest BCUT2D eigenvalue weighted by Gasteiger charge is -2.18. The van der Waals surface area contributed by atoms with Gasteiger partial charge in [0, 0.05) is 54.1 Å². The molecule has 2 aromatic heterocycles. The number of carbonyl (C=O) groups is 3. The lowest BCUT2D eigenvalue weighted by molar-refractivity contribution is 0.0270. The highest BCUT2D eigenvalue weighted by Crippen LogP contribution is 2.44. The van der Waals surface area contributed by atoms with Gasteiger partial charge in [0.1, 0.15) is 18.2 Å². The van der Waals surface area contributed by atoms with Crippen molar-refractivity contribution in [3.05, 3.63) is 129 Å². The Morgan fingerprint density at radius 3 is 2.32 bits per heavy atom. The molecule has 2 aliphatic rings. The summed E-state index contributed by atoms with van der Waals surface area (Å²) < 4.78 is 19.2. The zero-order valence-corrected chi connectivity index (χ0v) is 30.7. The van der Waals surface area contributed by atoms with Gasteiger partial charge in [0.2, 0.25) is 0 Å². The van der Waals surface area contributed by atoms with Crippen LogP contribution in [-0.2, 0) is 9.47 Å². The van der Waals surface area contributed by atoms with E-state index >= 15 is 0 Å². The smallest absolute Gasteiger partial charge is 0.343 e. The maximum atomic E-state index is 13.9. The van der Waals surface area contributed by atoms with E-state index in [2.05, 4.69) is 81.8 Å². The van der Waals surface area contributed by atoms with Gasteiger partial charge in [-0.3, -0.25) is 9.36 Å². The summed E-state index contributed by atoms with van der Waals surface area (Å²) in [5, 5.41) is 6.29. The van der Waals surface area contributed by atoms with Gasteiger partial charge < -0.3 is 24.8 Å². The van der Waals surface area contributed by atoms with Gasteiger partial charge in [-0.2, -0.15) is 0 Å². The second-order valence-corrected chi connectivity index (χ2v) is 13.6. The predicted octanol–water partition coefficient (Wildman–Crippen LogP) is 6.56. The molecule has 0 bridgehead atoms. The second kappa shape index (κ2) is 14.8. The van der Waals surface area contributed by atoms with Crippen LogP contribution in [0.1, 0.15) is 61.5 Å². The summed E-state index contributed by atoms with van der Waals surface area (Å²) in [4.78, 5) is 54.8. The minimum atomic E-state index is -0.676. The van der Waals surface area contributed by atoms with E-state index in [-0.39, 0.29) is 35.1 Å². The molecule has 266 valence electrons. The van der Waals surface area contributed by atoms with Gasteiger partial charge in [-0.15, -0.1) is 0 Å². The van der Waals surface area contributed by atoms with Crippen LogP contribution in [0.3, 0.4) is 0 Å². The van der Waals surface area contributed by atoms with Crippen molar-refractivity contribution in [1.82, 2.24) is 24.8 Å². The highest BCUT2D eigenvalue weighted by Gasteiger charge is 2.30. The van der Waals surface area contributed by atoms with Gasteiger partial charge in [-0.05, 0) is 47.4 Å². The fraction of sp³-hybridized carbons (Fsp3) is 0.200. The van der Waals surface area contributed by atoms with Crippen molar-refractivity contribution < 1.29 is 28.6 Å². The van der Waals surface area contributed by atoms with Crippen LogP contribution in [-0.4, -0.2) is 69.8 Å². The number of nitrogens with zero attached hydrogens (tertiary/aromatic N) is 4. The molecule has 53 heavy (non-hydrogen) atoms. The number of amides is 1. The average molecular weight is 821 g/mol. The zero-order chi connectivity index (χ0) is 36.5. The van der Waals surface area contributed by atoms with E-state index in [9.17, 15) is 14.4 Å². The predicted molar refractivity (Wildman–Crippen MR) is 206 cm³/mol. The highest BCUT2D eigenvalue weighted by atomic mass is 127. The molecule has 1 aliphatic carbocycles. The number of aromatic nitrogens is 4. The van der Waals surface area contributed by atoms with Crippen LogP contribution >= 0.6 is 22.6 Å². The fourth-order valence-corrected chi connectivity index (χ4v) is 7.32. The Hall–Kier alpha value is -5.67. The third kappa shape index (κ3) is 6.73. The molecule has 3 heterocycles. The Morgan fingerprint density at radius 2 is 1.62 bits per heavy atom. The normalized spacial score (nSPS) is 14.8. The number of hydrogen-bond acceptors (Lipinski definition) is 10. The van der Waals surface area contributed by atoms with Crippen LogP contribution in [0.25, 0.3) is 28.0 Å². The Balaban J connectivity index is 1.21. The number of rotatable bonds is 10. The molecule has 1 atom stereocenters. The van der Waals surface area contributed by atoms with E-state index in [1.54, 1.807) is 41.8 Å². The molecule has 8 rings (SSSR count). The van der Waals surface area contributed by atoms with Crippen LogP contribution in [0.15, 0.2) is 97.3 Å². The quantitative estimate of drug-likeness (QED) is 0.0675. The number of esters is 2. The van der Waals surface area contributed by atoms with Gasteiger partial charge in [0.15, 0.2) is 20.8 Å². The van der Waals surface area contributed by atoms with E-state index < -0.39 is 23.9 Å². The van der Waals surface area contributed by atoms with Crippen molar-refractivity contribution in [2.75, 3.05) is 31.6 Å². The topological polar surface area (TPSA) is 147 Å². The first-order valence-electron chi connectivity index (χ1n) is 17.2. The van der Waals surface area contributed by atoms with Gasteiger partial charge >= 0.3 is 11.9 Å². The number of halogens is 1. The Labute approximate surface area is 318 Å². The largest absolute Gasteiger partial charge is 0.456 e. The zero-order valence-electron chi connectivity index (χ0n) is 28.5. The summed E-state index contributed by atoms with van der Waals surface area (Å²) in [5.41, 5.74) is 6.32. The van der Waals surface area contributed by atoms with E-state index in [4.69, 9.17) is 29.2 Å². The molecular weight excluding hydrogens is 787 g/mol. The van der Waals surface area contributed by atoms with Crippen molar-refractivity contribution >= 4 is 57.4 Å². The maximum absolute atomic E-state index is 13.9. The SMILES string of the molecule is CCNC(=O)c1cc(C(=O)OC2CCOC2)c(-n2cnc3c(NCC4c5ccccc5-c5ccccc54)nc(I)nc32)cc1OC(=O)c1ccccc1. The molecule has 0 spiro atoms. The number of imidazole rings is 1. The van der Waals surface area contributed by atoms with Crippen LogP contribution < -0.4 is 15.4 Å². The van der Waals surface area contributed by atoms with Crippen molar-refractivity contribution in [1.29, 1.82) is 0 Å². The molecule has 2 N–H and O–H groups in total. The van der Waals surface area contributed by atoms with E-state index in [0.29, 0.717) is 52.5 Å². The number of anilines is 1. The summed E-state index contributed by atoms with van der Waals surface area (Å²) in [6.07, 6.45) is 1.62. The summed E-state index contributed by atoms with van der Waals surface area (Å²) in [7, 11) is 0. The van der Waals surface area contributed by atoms with E-state index in [0.717, 1.165) is 0 Å². The molecule has 13 heteroatoms. The van der Waals surface area contributed by atoms with Crippen molar-refractivity contribution in [2.24, 2.45) is 0 Å². The Bertz CT molecular complexity index is 2330. The molecular formula is C40H33IN6O6. The summed E-state index contributed by atoms with van der Waals surface area (Å²) in [5.74, 6) is -1.33.